The average molecular weight is 334 g/mol. The van der Waals surface area contributed by atoms with Gasteiger partial charge in [0.25, 0.3) is 5.91 Å². The van der Waals surface area contributed by atoms with Crippen LogP contribution in [-0.2, 0) is 9.59 Å². The second kappa shape index (κ2) is 7.28. The van der Waals surface area contributed by atoms with Crippen molar-refractivity contribution in [2.24, 2.45) is 0 Å². The number of allylic oxidation sites excluding steroid dienone is 1. The summed E-state index contributed by atoms with van der Waals surface area (Å²) in [6.07, 6.45) is 8.53. The Morgan fingerprint density at radius 3 is 2.87 bits per heavy atom. The molecule has 1 heterocycles. The molecule has 4 nitrogen and oxygen atoms in total. The molecule has 1 aliphatic heterocycles. The van der Waals surface area contributed by atoms with Crippen molar-refractivity contribution in [3.8, 4) is 0 Å². The minimum atomic E-state index is -0.300. The fourth-order valence-electron chi connectivity index (χ4n) is 3.33. The molecule has 1 atom stereocenters. The second-order valence-electron chi connectivity index (χ2n) is 6.24. The van der Waals surface area contributed by atoms with Gasteiger partial charge in [-0.2, -0.15) is 0 Å². The van der Waals surface area contributed by atoms with Crippen LogP contribution in [0, 0.1) is 0 Å². The summed E-state index contributed by atoms with van der Waals surface area (Å²) in [4.78, 5) is 26.0. The lowest BCUT2D eigenvalue weighted by Crippen LogP contribution is -2.91. The van der Waals surface area contributed by atoms with E-state index < -0.39 is 0 Å². The van der Waals surface area contributed by atoms with Crippen LogP contribution in [0.3, 0.4) is 0 Å². The van der Waals surface area contributed by atoms with Crippen molar-refractivity contribution in [1.82, 2.24) is 0 Å². The van der Waals surface area contributed by atoms with Crippen molar-refractivity contribution < 1.29 is 14.9 Å². The van der Waals surface area contributed by atoms with Gasteiger partial charge < -0.3 is 5.32 Å². The smallest absolute Gasteiger partial charge is 0.292 e. The highest BCUT2D eigenvalue weighted by Crippen LogP contribution is 2.24. The Kier molecular flexibility index (Phi) is 5.13. The normalized spacial score (nSPS) is 21.7. The maximum atomic E-state index is 12.5. The van der Waals surface area contributed by atoms with Gasteiger partial charge in [0.15, 0.2) is 6.04 Å². The second-order valence-corrected chi connectivity index (χ2v) is 6.68. The Labute approximate surface area is 141 Å². The molecule has 2 amide bonds. The van der Waals surface area contributed by atoms with E-state index in [9.17, 15) is 9.59 Å². The van der Waals surface area contributed by atoms with E-state index in [1.165, 1.54) is 36.2 Å². The molecule has 0 radical (unpaired) electrons. The Hall–Kier alpha value is -1.65. The number of hydrogen-bond donors (Lipinski definition) is 1. The topological polar surface area (TPSA) is 54.0 Å². The van der Waals surface area contributed by atoms with Gasteiger partial charge in [0.2, 0.25) is 5.91 Å². The monoisotopic (exact) mass is 333 g/mol. The Morgan fingerprint density at radius 2 is 2.13 bits per heavy atom. The van der Waals surface area contributed by atoms with Crippen LogP contribution in [0.2, 0.25) is 5.02 Å². The van der Waals surface area contributed by atoms with Gasteiger partial charge in [-0.1, -0.05) is 29.3 Å². The number of amides is 2. The summed E-state index contributed by atoms with van der Waals surface area (Å²) < 4.78 is 0. The molecule has 5 heteroatoms. The predicted molar refractivity (Wildman–Crippen MR) is 90.3 cm³/mol. The minimum absolute atomic E-state index is 0.130. The Bertz CT molecular complexity index is 642. The van der Waals surface area contributed by atoms with Gasteiger partial charge in [-0.3, -0.25) is 9.59 Å². The molecule has 1 fully saturated rings. The van der Waals surface area contributed by atoms with Crippen LogP contribution in [0.15, 0.2) is 35.9 Å². The van der Waals surface area contributed by atoms with Crippen molar-refractivity contribution in [3.63, 3.8) is 0 Å². The van der Waals surface area contributed by atoms with E-state index >= 15 is 0 Å². The van der Waals surface area contributed by atoms with Crippen molar-refractivity contribution in [2.75, 3.05) is 11.4 Å². The third-order valence-electron chi connectivity index (χ3n) is 4.55. The molecule has 122 valence electrons. The van der Waals surface area contributed by atoms with E-state index in [4.69, 9.17) is 11.6 Å². The lowest BCUT2D eigenvalue weighted by atomic mass is 9.97. The largest absolute Gasteiger partial charge is 0.335 e. The standard InChI is InChI=1S/C18H21ClN2O2/c19-14-7-4-8-15(11-14)21-17(22)12-16(18(21)23)20-10-9-13-5-2-1-3-6-13/h4-5,7-8,11,16,20H,1-3,6,9-10,12H2/p+1/t16-/m0/s1. The number of carbonyl (C=O) groups is 2. The number of rotatable bonds is 5. The van der Waals surface area contributed by atoms with Crippen LogP contribution < -0.4 is 10.2 Å². The van der Waals surface area contributed by atoms with Gasteiger partial charge in [-0.15, -0.1) is 0 Å². The maximum Gasteiger partial charge on any atom is 0.292 e. The lowest BCUT2D eigenvalue weighted by molar-refractivity contribution is -0.674. The summed E-state index contributed by atoms with van der Waals surface area (Å²) in [7, 11) is 0. The molecule has 3 rings (SSSR count). The van der Waals surface area contributed by atoms with Crippen molar-refractivity contribution in [1.29, 1.82) is 0 Å². The fraction of sp³-hybridized carbons (Fsp3) is 0.444. The van der Waals surface area contributed by atoms with Crippen LogP contribution in [0.25, 0.3) is 0 Å². The number of imide groups is 1. The van der Waals surface area contributed by atoms with Crippen LogP contribution in [0.4, 0.5) is 5.69 Å². The molecule has 2 N–H and O–H groups in total. The highest BCUT2D eigenvalue weighted by molar-refractivity contribution is 6.31. The quantitative estimate of drug-likeness (QED) is 0.664. The number of halogens is 1. The summed E-state index contributed by atoms with van der Waals surface area (Å²) in [5.74, 6) is -0.273. The van der Waals surface area contributed by atoms with Gasteiger partial charge in [-0.05, 0) is 43.9 Å². The SMILES string of the molecule is O=C1C[C@H]([NH2+]CCC2=CCCCC2)C(=O)N1c1cccc(Cl)c1. The van der Waals surface area contributed by atoms with E-state index in [-0.39, 0.29) is 24.3 Å². The first-order valence-electron chi connectivity index (χ1n) is 8.29. The Morgan fingerprint density at radius 1 is 1.26 bits per heavy atom. The number of carbonyl (C=O) groups excluding carboxylic acids is 2. The van der Waals surface area contributed by atoms with Crippen molar-refractivity contribution >= 4 is 29.1 Å². The van der Waals surface area contributed by atoms with Crippen LogP contribution >= 0.6 is 11.6 Å². The van der Waals surface area contributed by atoms with E-state index in [1.807, 2.05) is 5.32 Å². The molecule has 0 saturated carbocycles. The summed E-state index contributed by atoms with van der Waals surface area (Å²) in [5.41, 5.74) is 2.06. The number of nitrogens with zero attached hydrogens (tertiary/aromatic N) is 1. The molecule has 1 saturated heterocycles. The first-order chi connectivity index (χ1) is 11.1. The van der Waals surface area contributed by atoms with Crippen molar-refractivity contribution in [3.05, 3.63) is 40.9 Å². The van der Waals surface area contributed by atoms with Gasteiger partial charge in [0.05, 0.1) is 18.7 Å². The average Bonchev–Trinajstić information content (AvgIpc) is 2.82. The summed E-state index contributed by atoms with van der Waals surface area (Å²) in [6.45, 7) is 0.860. The molecule has 1 aromatic carbocycles. The number of nitrogens with two attached hydrogens (primary N) is 1. The highest BCUT2D eigenvalue weighted by atomic mass is 35.5. The fourth-order valence-corrected chi connectivity index (χ4v) is 3.51. The predicted octanol–water partition coefficient (Wildman–Crippen LogP) is 2.43. The van der Waals surface area contributed by atoms with Gasteiger partial charge >= 0.3 is 0 Å². The third-order valence-corrected chi connectivity index (χ3v) is 4.78. The van der Waals surface area contributed by atoms with Gasteiger partial charge in [-0.25, -0.2) is 4.90 Å². The molecule has 0 aromatic heterocycles. The lowest BCUT2D eigenvalue weighted by Gasteiger charge is -2.15. The first kappa shape index (κ1) is 16.2. The highest BCUT2D eigenvalue weighted by Gasteiger charge is 2.42. The maximum absolute atomic E-state index is 12.5. The molecular formula is C18H22ClN2O2+. The number of benzene rings is 1. The summed E-state index contributed by atoms with van der Waals surface area (Å²) in [5, 5.41) is 2.54. The van der Waals surface area contributed by atoms with Gasteiger partial charge in [0, 0.05) is 11.4 Å². The number of anilines is 1. The molecule has 1 aromatic rings. The molecule has 23 heavy (non-hydrogen) atoms. The zero-order chi connectivity index (χ0) is 16.2. The summed E-state index contributed by atoms with van der Waals surface area (Å²) >= 11 is 5.96. The van der Waals surface area contributed by atoms with E-state index in [1.54, 1.807) is 24.3 Å². The van der Waals surface area contributed by atoms with Crippen LogP contribution in [0.5, 0.6) is 0 Å². The molecule has 1 aliphatic carbocycles. The number of hydrogen-bond acceptors (Lipinski definition) is 2. The van der Waals surface area contributed by atoms with E-state index in [2.05, 4.69) is 6.08 Å². The van der Waals surface area contributed by atoms with E-state index in [0.29, 0.717) is 10.7 Å². The van der Waals surface area contributed by atoms with Crippen molar-refractivity contribution in [2.45, 2.75) is 44.6 Å². The Balaban J connectivity index is 1.59. The summed E-state index contributed by atoms with van der Waals surface area (Å²) in [6, 6.07) is 6.59. The molecule has 0 spiro atoms. The zero-order valence-corrected chi connectivity index (χ0v) is 13.9. The molecule has 0 unspecified atom stereocenters. The minimum Gasteiger partial charge on any atom is -0.335 e. The third kappa shape index (κ3) is 3.82. The number of quaternary nitrogens is 1. The van der Waals surface area contributed by atoms with Crippen LogP contribution in [0.1, 0.15) is 38.5 Å². The molecule has 2 aliphatic rings. The first-order valence-corrected chi connectivity index (χ1v) is 8.66. The molecule has 0 bridgehead atoms. The zero-order valence-electron chi connectivity index (χ0n) is 13.1. The van der Waals surface area contributed by atoms with Gasteiger partial charge in [0.1, 0.15) is 0 Å². The van der Waals surface area contributed by atoms with E-state index in [0.717, 1.165) is 13.0 Å². The van der Waals surface area contributed by atoms with Crippen LogP contribution in [-0.4, -0.2) is 24.4 Å². The molecular weight excluding hydrogens is 312 g/mol.